The second-order valence-corrected chi connectivity index (χ2v) is 20.7. The number of ether oxygens (including phenoxy) is 1. The lowest BCUT2D eigenvalue weighted by Crippen LogP contribution is -2.45. The van der Waals surface area contributed by atoms with Crippen LogP contribution in [0, 0.1) is 0 Å². The number of esters is 1. The number of hydrogen-bond donors (Lipinski definition) is 3. The molecular formula is C61H117NO5. The summed E-state index contributed by atoms with van der Waals surface area (Å²) in [5, 5.41) is 23.3. The van der Waals surface area contributed by atoms with Crippen molar-refractivity contribution in [3.8, 4) is 0 Å². The Balaban J connectivity index is 3.46. The lowest BCUT2D eigenvalue weighted by Gasteiger charge is -2.22. The topological polar surface area (TPSA) is 95.9 Å². The molecule has 0 heterocycles. The lowest BCUT2D eigenvalue weighted by atomic mass is 10.0. The molecule has 6 heteroatoms. The number of rotatable bonds is 56. The fraction of sp³-hybridized carbons (Fsp3) is 0.902. The molecule has 0 aliphatic rings. The summed E-state index contributed by atoms with van der Waals surface area (Å²) >= 11 is 0. The molecule has 0 fully saturated rings. The number of nitrogens with one attached hydrogen (secondary N) is 1. The van der Waals surface area contributed by atoms with E-state index in [1.807, 2.05) is 0 Å². The average Bonchev–Trinajstić information content (AvgIpc) is 3.33. The van der Waals surface area contributed by atoms with Gasteiger partial charge in [-0.05, 0) is 57.8 Å². The fourth-order valence-corrected chi connectivity index (χ4v) is 9.38. The highest BCUT2D eigenvalue weighted by atomic mass is 16.5. The second-order valence-electron chi connectivity index (χ2n) is 20.7. The van der Waals surface area contributed by atoms with Crippen LogP contribution in [0.5, 0.6) is 0 Å². The van der Waals surface area contributed by atoms with Crippen LogP contribution in [0.4, 0.5) is 0 Å². The van der Waals surface area contributed by atoms with E-state index in [0.29, 0.717) is 25.9 Å². The van der Waals surface area contributed by atoms with Crippen molar-refractivity contribution in [1.29, 1.82) is 0 Å². The van der Waals surface area contributed by atoms with Gasteiger partial charge < -0.3 is 20.3 Å². The van der Waals surface area contributed by atoms with E-state index < -0.39 is 12.1 Å². The van der Waals surface area contributed by atoms with Gasteiger partial charge in [0.25, 0.3) is 0 Å². The summed E-state index contributed by atoms with van der Waals surface area (Å²) in [4.78, 5) is 24.6. The molecule has 6 nitrogen and oxygen atoms in total. The molecule has 0 aromatic heterocycles. The van der Waals surface area contributed by atoms with E-state index in [4.69, 9.17) is 4.74 Å². The van der Waals surface area contributed by atoms with Gasteiger partial charge >= 0.3 is 5.97 Å². The molecule has 0 bridgehead atoms. The maximum absolute atomic E-state index is 12.5. The van der Waals surface area contributed by atoms with Crippen LogP contribution in [0.3, 0.4) is 0 Å². The first-order valence-corrected chi connectivity index (χ1v) is 30.1. The van der Waals surface area contributed by atoms with Gasteiger partial charge in [0.1, 0.15) is 0 Å². The number of unbranched alkanes of at least 4 members (excludes halogenated alkanes) is 41. The summed E-state index contributed by atoms with van der Waals surface area (Å²) in [6.45, 7) is 4.91. The number of aliphatic hydroxyl groups excluding tert-OH is 2. The van der Waals surface area contributed by atoms with Gasteiger partial charge in [0.2, 0.25) is 5.91 Å². The average molecular weight is 945 g/mol. The largest absolute Gasteiger partial charge is 0.466 e. The van der Waals surface area contributed by atoms with Crippen LogP contribution in [0.2, 0.25) is 0 Å². The monoisotopic (exact) mass is 944 g/mol. The van der Waals surface area contributed by atoms with Crippen LogP contribution in [0.1, 0.15) is 328 Å². The third-order valence-electron chi connectivity index (χ3n) is 14.0. The van der Waals surface area contributed by atoms with Gasteiger partial charge in [-0.15, -0.1) is 0 Å². The zero-order valence-corrected chi connectivity index (χ0v) is 45.1. The van der Waals surface area contributed by atoms with Crippen LogP contribution in [-0.2, 0) is 14.3 Å². The minimum absolute atomic E-state index is 0.0250. The Hall–Kier alpha value is -1.66. The molecule has 0 saturated heterocycles. The number of allylic oxidation sites excluding steroid dienone is 4. The third-order valence-corrected chi connectivity index (χ3v) is 14.0. The zero-order valence-electron chi connectivity index (χ0n) is 45.1. The Labute approximate surface area is 418 Å². The molecule has 2 atom stereocenters. The van der Waals surface area contributed by atoms with Crippen molar-refractivity contribution < 1.29 is 24.5 Å². The molecule has 1 amide bonds. The summed E-state index contributed by atoms with van der Waals surface area (Å²) in [5.41, 5.74) is 0. The van der Waals surface area contributed by atoms with Gasteiger partial charge in [0.15, 0.2) is 0 Å². The van der Waals surface area contributed by atoms with Crippen LogP contribution in [0.15, 0.2) is 24.3 Å². The van der Waals surface area contributed by atoms with E-state index in [1.165, 1.54) is 231 Å². The molecule has 0 spiro atoms. The summed E-state index contributed by atoms with van der Waals surface area (Å²) in [6, 6.07) is -0.560. The van der Waals surface area contributed by atoms with Gasteiger partial charge in [-0.25, -0.2) is 0 Å². The van der Waals surface area contributed by atoms with E-state index in [9.17, 15) is 19.8 Å². The lowest BCUT2D eigenvalue weighted by molar-refractivity contribution is -0.143. The van der Waals surface area contributed by atoms with E-state index in [1.54, 1.807) is 0 Å². The molecule has 2 unspecified atom stereocenters. The number of aliphatic hydroxyl groups is 2. The van der Waals surface area contributed by atoms with E-state index >= 15 is 0 Å². The number of hydrogen-bond acceptors (Lipinski definition) is 5. The first-order valence-electron chi connectivity index (χ1n) is 30.1. The maximum atomic E-state index is 12.5. The Morgan fingerprint density at radius 3 is 1.15 bits per heavy atom. The molecule has 0 aromatic rings. The van der Waals surface area contributed by atoms with E-state index in [2.05, 4.69) is 43.5 Å². The highest BCUT2D eigenvalue weighted by molar-refractivity contribution is 5.76. The zero-order chi connectivity index (χ0) is 48.6. The van der Waals surface area contributed by atoms with Crippen molar-refractivity contribution in [2.45, 2.75) is 341 Å². The molecule has 0 aliphatic carbocycles. The van der Waals surface area contributed by atoms with Crippen LogP contribution >= 0.6 is 0 Å². The molecular weight excluding hydrogens is 827 g/mol. The van der Waals surface area contributed by atoms with Crippen LogP contribution in [-0.4, -0.2) is 47.4 Å². The first kappa shape index (κ1) is 65.3. The number of amides is 1. The van der Waals surface area contributed by atoms with Crippen molar-refractivity contribution in [2.75, 3.05) is 13.2 Å². The van der Waals surface area contributed by atoms with Gasteiger partial charge in [0.05, 0.1) is 25.4 Å². The normalized spacial score (nSPS) is 12.7. The maximum Gasteiger partial charge on any atom is 0.305 e. The molecule has 67 heavy (non-hydrogen) atoms. The minimum atomic E-state index is -0.681. The highest BCUT2D eigenvalue weighted by Gasteiger charge is 2.20. The molecule has 3 N–H and O–H groups in total. The molecule has 0 radical (unpaired) electrons. The smallest absolute Gasteiger partial charge is 0.305 e. The summed E-state index contributed by atoms with van der Waals surface area (Å²) < 4.78 is 5.47. The molecule has 0 saturated carbocycles. The Kier molecular flexibility index (Phi) is 55.5. The van der Waals surface area contributed by atoms with Crippen molar-refractivity contribution in [2.24, 2.45) is 0 Å². The quantitative estimate of drug-likeness (QED) is 0.0321. The van der Waals surface area contributed by atoms with Crippen LogP contribution < -0.4 is 5.32 Å². The van der Waals surface area contributed by atoms with Crippen LogP contribution in [0.25, 0.3) is 0 Å². The van der Waals surface area contributed by atoms with Crippen molar-refractivity contribution in [3.63, 3.8) is 0 Å². The summed E-state index contributed by atoms with van der Waals surface area (Å²) in [5.74, 6) is -0.0802. The summed E-state index contributed by atoms with van der Waals surface area (Å²) in [6.07, 6.45) is 68.8. The van der Waals surface area contributed by atoms with Crippen molar-refractivity contribution in [3.05, 3.63) is 24.3 Å². The van der Waals surface area contributed by atoms with Crippen molar-refractivity contribution in [1.82, 2.24) is 5.32 Å². The van der Waals surface area contributed by atoms with Gasteiger partial charge in [-0.1, -0.05) is 282 Å². The molecule has 0 aliphatic heterocycles. The standard InChI is InChI=1S/C61H117NO5/c1-3-5-7-9-11-13-15-17-19-21-23-24-25-26-27-29-31-33-37-41-45-49-53-59(64)58(57-63)62-60(65)54-50-46-42-38-35-36-40-44-48-52-56-67-61(66)55-51-47-43-39-34-32-30-28-22-20-18-16-14-12-10-8-6-4-2/h14,16,20,22,58-59,63-64H,3-13,15,17-19,21,23-57H2,1-2H3,(H,62,65)/b16-14-,22-20-. The van der Waals surface area contributed by atoms with E-state index in [0.717, 1.165) is 64.2 Å². The highest BCUT2D eigenvalue weighted by Crippen LogP contribution is 2.18. The fourth-order valence-electron chi connectivity index (χ4n) is 9.38. The predicted molar refractivity (Wildman–Crippen MR) is 292 cm³/mol. The molecule has 0 aromatic carbocycles. The SMILES string of the molecule is CCCCCC/C=C\C/C=C\CCCCCCCCCC(=O)OCCCCCCCCCCCCC(=O)NC(CO)C(O)CCCCCCCCCCCCCCCCCCCCCCCC. The molecule has 0 rings (SSSR count). The molecule has 396 valence electrons. The first-order chi connectivity index (χ1) is 33.0. The third kappa shape index (κ3) is 53.5. The van der Waals surface area contributed by atoms with E-state index in [-0.39, 0.29) is 18.5 Å². The van der Waals surface area contributed by atoms with Gasteiger partial charge in [-0.2, -0.15) is 0 Å². The predicted octanol–water partition coefficient (Wildman–Crippen LogP) is 18.6. The van der Waals surface area contributed by atoms with Crippen molar-refractivity contribution >= 4 is 11.9 Å². The number of carbonyl (C=O) groups is 2. The second kappa shape index (κ2) is 56.9. The summed E-state index contributed by atoms with van der Waals surface area (Å²) in [7, 11) is 0. The Morgan fingerprint density at radius 1 is 0.418 bits per heavy atom. The van der Waals surface area contributed by atoms with Gasteiger partial charge in [-0.3, -0.25) is 9.59 Å². The van der Waals surface area contributed by atoms with Gasteiger partial charge in [0, 0.05) is 12.8 Å². The Morgan fingerprint density at radius 2 is 0.746 bits per heavy atom. The number of carbonyl (C=O) groups excluding carboxylic acids is 2. The Bertz CT molecular complexity index is 1040. The minimum Gasteiger partial charge on any atom is -0.466 e.